The van der Waals surface area contributed by atoms with Gasteiger partial charge in [-0.25, -0.2) is 9.37 Å². The molecule has 3 rings (SSSR count). The fraction of sp³-hybridized carbons (Fsp3) is 0.190. The lowest BCUT2D eigenvalue weighted by atomic mass is 10.0. The molecular formula is C21H22Cl2FN3O. The van der Waals surface area contributed by atoms with Gasteiger partial charge in [-0.05, 0) is 36.2 Å². The number of benzene rings is 2. The van der Waals surface area contributed by atoms with E-state index in [4.69, 9.17) is 22.1 Å². The van der Waals surface area contributed by atoms with E-state index in [1.165, 1.54) is 0 Å². The maximum Gasteiger partial charge on any atom is 0.181 e. The molecular weight excluding hydrogens is 400 g/mol. The van der Waals surface area contributed by atoms with Crippen molar-refractivity contribution in [2.45, 2.75) is 25.9 Å². The first kappa shape index (κ1) is 22.0. The Morgan fingerprint density at radius 3 is 2.50 bits per heavy atom. The van der Waals surface area contributed by atoms with Crippen LogP contribution in [0.2, 0.25) is 5.02 Å². The minimum Gasteiger partial charge on any atom is -0.453 e. The Morgan fingerprint density at radius 1 is 1.14 bits per heavy atom. The average Bonchev–Trinajstić information content (AvgIpc) is 2.71. The van der Waals surface area contributed by atoms with Gasteiger partial charge >= 0.3 is 0 Å². The molecule has 0 spiro atoms. The molecule has 0 amide bonds. The second-order valence-corrected chi connectivity index (χ2v) is 6.46. The van der Waals surface area contributed by atoms with Gasteiger partial charge in [0.15, 0.2) is 11.6 Å². The number of nitrogens with two attached hydrogens (primary N) is 1. The van der Waals surface area contributed by atoms with Gasteiger partial charge in [0.2, 0.25) is 0 Å². The molecule has 7 heteroatoms. The molecule has 1 heterocycles. The van der Waals surface area contributed by atoms with Crippen LogP contribution in [-0.4, -0.2) is 4.98 Å². The molecule has 0 saturated heterocycles. The molecule has 1 atom stereocenters. The number of hydrogen-bond donors (Lipinski definition) is 2. The lowest BCUT2D eigenvalue weighted by molar-refractivity contribution is 0.436. The maximum absolute atomic E-state index is 15.2. The quantitative estimate of drug-likeness (QED) is 0.482. The lowest BCUT2D eigenvalue weighted by Gasteiger charge is -2.20. The number of para-hydroxylation sites is 1. The van der Waals surface area contributed by atoms with Crippen molar-refractivity contribution in [1.29, 1.82) is 0 Å². The number of rotatable bonds is 7. The largest absolute Gasteiger partial charge is 0.453 e. The Bertz CT molecular complexity index is 892. The third kappa shape index (κ3) is 5.13. The van der Waals surface area contributed by atoms with Crippen LogP contribution in [0.15, 0.2) is 60.8 Å². The third-order valence-corrected chi connectivity index (χ3v) is 4.51. The van der Waals surface area contributed by atoms with Gasteiger partial charge < -0.3 is 15.8 Å². The number of nitrogens with zero attached hydrogens (tertiary/aromatic N) is 1. The topological polar surface area (TPSA) is 60.2 Å². The molecule has 0 saturated carbocycles. The summed E-state index contributed by atoms with van der Waals surface area (Å²) in [7, 11) is 0. The fourth-order valence-electron chi connectivity index (χ4n) is 2.73. The molecule has 3 N–H and O–H groups in total. The van der Waals surface area contributed by atoms with Gasteiger partial charge in [-0.15, -0.1) is 12.4 Å². The monoisotopic (exact) mass is 421 g/mol. The number of aromatic nitrogens is 1. The van der Waals surface area contributed by atoms with Gasteiger partial charge in [-0.1, -0.05) is 48.9 Å². The third-order valence-electron chi connectivity index (χ3n) is 4.21. The highest BCUT2D eigenvalue weighted by molar-refractivity contribution is 6.32. The molecule has 0 fully saturated rings. The maximum atomic E-state index is 15.2. The van der Waals surface area contributed by atoms with E-state index in [1.807, 2.05) is 37.3 Å². The Labute approximate surface area is 175 Å². The SMILES string of the molecule is CC[C@@H](Nc1ccc(CN)cn1)c1ccc(Cl)c(Oc2ccccc2)c1F.Cl. The molecule has 2 aromatic carbocycles. The molecule has 0 aliphatic heterocycles. The van der Waals surface area contributed by atoms with E-state index in [1.54, 1.807) is 30.5 Å². The van der Waals surface area contributed by atoms with Crippen LogP contribution in [0.1, 0.15) is 30.5 Å². The molecule has 28 heavy (non-hydrogen) atoms. The van der Waals surface area contributed by atoms with Crippen molar-refractivity contribution in [2.75, 3.05) is 5.32 Å². The van der Waals surface area contributed by atoms with Crippen LogP contribution in [-0.2, 0) is 6.54 Å². The van der Waals surface area contributed by atoms with Crippen LogP contribution in [0.5, 0.6) is 11.5 Å². The van der Waals surface area contributed by atoms with Crippen molar-refractivity contribution in [3.8, 4) is 11.5 Å². The molecule has 3 aromatic rings. The van der Waals surface area contributed by atoms with Gasteiger partial charge in [0.1, 0.15) is 11.6 Å². The highest BCUT2D eigenvalue weighted by atomic mass is 35.5. The van der Waals surface area contributed by atoms with Gasteiger partial charge in [0, 0.05) is 18.3 Å². The number of hydrogen-bond acceptors (Lipinski definition) is 4. The van der Waals surface area contributed by atoms with E-state index in [2.05, 4.69) is 10.3 Å². The standard InChI is InChI=1S/C21H21ClFN3O.ClH/c1-2-18(26-19-11-8-14(12-24)13-25-19)16-9-10-17(22)21(20(16)23)27-15-6-4-3-5-7-15;/h3-11,13,18H,2,12,24H2,1H3,(H,25,26);1H/t18-;/m1./s1. The van der Waals surface area contributed by atoms with Crippen LogP contribution < -0.4 is 15.8 Å². The van der Waals surface area contributed by atoms with E-state index in [0.29, 0.717) is 30.1 Å². The predicted molar refractivity (Wildman–Crippen MR) is 114 cm³/mol. The molecule has 0 radical (unpaired) electrons. The Morgan fingerprint density at radius 2 is 1.89 bits per heavy atom. The van der Waals surface area contributed by atoms with Gasteiger partial charge in [0.05, 0.1) is 11.1 Å². The highest BCUT2D eigenvalue weighted by Crippen LogP contribution is 2.37. The zero-order chi connectivity index (χ0) is 19.2. The predicted octanol–water partition coefficient (Wildman–Crippen LogP) is 6.11. The number of anilines is 1. The highest BCUT2D eigenvalue weighted by Gasteiger charge is 2.21. The van der Waals surface area contributed by atoms with Gasteiger partial charge in [-0.3, -0.25) is 0 Å². The lowest BCUT2D eigenvalue weighted by Crippen LogP contribution is -2.13. The van der Waals surface area contributed by atoms with Crippen LogP contribution in [0.3, 0.4) is 0 Å². The van der Waals surface area contributed by atoms with Gasteiger partial charge in [0.25, 0.3) is 0 Å². The van der Waals surface area contributed by atoms with E-state index in [-0.39, 0.29) is 29.2 Å². The van der Waals surface area contributed by atoms with Crippen molar-refractivity contribution < 1.29 is 9.13 Å². The molecule has 1 aromatic heterocycles. The van der Waals surface area contributed by atoms with Crippen molar-refractivity contribution in [1.82, 2.24) is 4.98 Å². The van der Waals surface area contributed by atoms with Crippen LogP contribution >= 0.6 is 24.0 Å². The normalized spacial score (nSPS) is 11.4. The first-order valence-electron chi connectivity index (χ1n) is 8.74. The molecule has 0 aliphatic carbocycles. The summed E-state index contributed by atoms with van der Waals surface area (Å²) in [6.45, 7) is 2.40. The van der Waals surface area contributed by atoms with Crippen molar-refractivity contribution in [3.63, 3.8) is 0 Å². The van der Waals surface area contributed by atoms with E-state index in [0.717, 1.165) is 5.56 Å². The minimum atomic E-state index is -0.482. The molecule has 148 valence electrons. The number of pyridine rings is 1. The van der Waals surface area contributed by atoms with E-state index in [9.17, 15) is 0 Å². The van der Waals surface area contributed by atoms with Crippen LogP contribution in [0.25, 0.3) is 0 Å². The fourth-order valence-corrected chi connectivity index (χ4v) is 2.91. The van der Waals surface area contributed by atoms with Gasteiger partial charge in [-0.2, -0.15) is 0 Å². The second-order valence-electron chi connectivity index (χ2n) is 6.06. The smallest absolute Gasteiger partial charge is 0.181 e. The van der Waals surface area contributed by atoms with Crippen LogP contribution in [0.4, 0.5) is 10.2 Å². The summed E-state index contributed by atoms with van der Waals surface area (Å²) >= 11 is 6.18. The van der Waals surface area contributed by atoms with Crippen molar-refractivity contribution in [3.05, 3.63) is 82.8 Å². The molecule has 4 nitrogen and oxygen atoms in total. The number of halogens is 3. The van der Waals surface area contributed by atoms with Crippen molar-refractivity contribution >= 4 is 29.8 Å². The minimum absolute atomic E-state index is 0. The van der Waals surface area contributed by atoms with Crippen LogP contribution in [0, 0.1) is 5.82 Å². The Balaban J connectivity index is 0.00000280. The summed E-state index contributed by atoms with van der Waals surface area (Å²) < 4.78 is 20.9. The summed E-state index contributed by atoms with van der Waals surface area (Å²) in [5, 5.41) is 3.48. The zero-order valence-electron chi connectivity index (χ0n) is 15.4. The van der Waals surface area contributed by atoms with E-state index >= 15 is 4.39 Å². The molecule has 0 aliphatic rings. The summed E-state index contributed by atoms with van der Waals surface area (Å²) in [6, 6.07) is 15.8. The Hall–Kier alpha value is -2.34. The molecule has 0 bridgehead atoms. The van der Waals surface area contributed by atoms with Crippen molar-refractivity contribution in [2.24, 2.45) is 5.73 Å². The first-order chi connectivity index (χ1) is 13.1. The average molecular weight is 422 g/mol. The second kappa shape index (κ2) is 10.3. The number of ether oxygens (including phenoxy) is 1. The van der Waals surface area contributed by atoms with E-state index < -0.39 is 5.82 Å². The summed E-state index contributed by atoms with van der Waals surface area (Å²) in [4.78, 5) is 4.33. The Kier molecular flexibility index (Phi) is 8.05. The number of nitrogens with one attached hydrogen (secondary N) is 1. The zero-order valence-corrected chi connectivity index (χ0v) is 16.9. The summed E-state index contributed by atoms with van der Waals surface area (Å²) in [5.41, 5.74) is 7.00. The molecule has 0 unspecified atom stereocenters. The summed E-state index contributed by atoms with van der Waals surface area (Å²) in [5.74, 6) is 0.714. The first-order valence-corrected chi connectivity index (χ1v) is 9.12. The summed E-state index contributed by atoms with van der Waals surface area (Å²) in [6.07, 6.45) is 2.36.